The number of hydrogen-bond donors (Lipinski definition) is 2. The second kappa shape index (κ2) is 13.4. The predicted octanol–water partition coefficient (Wildman–Crippen LogP) is 6.98. The van der Waals surface area contributed by atoms with Crippen molar-refractivity contribution in [2.24, 2.45) is 5.92 Å². The maximum Gasteiger partial charge on any atom is 0.410 e. The number of nitrogens with one attached hydrogen (secondary N) is 1. The van der Waals surface area contributed by atoms with Crippen LogP contribution in [0.4, 0.5) is 16.3 Å². The molecule has 2 N–H and O–H groups in total. The molecular weight excluding hydrogens is 682 g/mol. The minimum absolute atomic E-state index is 0.316. The van der Waals surface area contributed by atoms with Gasteiger partial charge in [-0.1, -0.05) is 30.4 Å². The molecular formula is C39H34ClN7O5. The molecule has 13 heteroatoms. The first-order chi connectivity index (χ1) is 25.2. The lowest BCUT2D eigenvalue weighted by Crippen LogP contribution is -2.29. The minimum Gasteiger partial charge on any atom is -0.481 e. The van der Waals surface area contributed by atoms with Gasteiger partial charge in [0.2, 0.25) is 5.89 Å². The number of carboxylic acid groups (broad SMARTS) is 1. The number of aliphatic carboxylic acids is 1. The van der Waals surface area contributed by atoms with Crippen molar-refractivity contribution in [2.45, 2.75) is 37.2 Å². The molecule has 0 spiro atoms. The number of nitrogens with zero attached hydrogens (tertiary/aromatic N) is 6. The maximum atomic E-state index is 11.9. The van der Waals surface area contributed by atoms with Gasteiger partial charge < -0.3 is 24.5 Å². The number of allylic oxidation sites excluding steroid dienone is 4. The third kappa shape index (κ3) is 6.33. The van der Waals surface area contributed by atoms with Gasteiger partial charge >= 0.3 is 12.1 Å². The number of aromatic nitrogens is 3. The number of fused-ring (bicyclic) bond motifs is 2. The van der Waals surface area contributed by atoms with Crippen molar-refractivity contribution in [2.75, 3.05) is 31.6 Å². The molecule has 0 bridgehead atoms. The molecule has 2 fully saturated rings. The van der Waals surface area contributed by atoms with Gasteiger partial charge in [0.1, 0.15) is 23.7 Å². The smallest absolute Gasteiger partial charge is 0.410 e. The van der Waals surface area contributed by atoms with Crippen LogP contribution in [0.1, 0.15) is 47.4 Å². The third-order valence-corrected chi connectivity index (χ3v) is 10.4. The summed E-state index contributed by atoms with van der Waals surface area (Å²) in [5.41, 5.74) is 6.36. The maximum absolute atomic E-state index is 11.9. The largest absolute Gasteiger partial charge is 0.481 e. The van der Waals surface area contributed by atoms with Crippen LogP contribution in [0.3, 0.4) is 0 Å². The number of carboxylic acids is 1. The highest BCUT2D eigenvalue weighted by molar-refractivity contribution is 6.31. The van der Waals surface area contributed by atoms with E-state index in [9.17, 15) is 20.0 Å². The topological polar surface area (TPSA) is 158 Å². The molecule has 1 aliphatic carbocycles. The molecule has 0 saturated carbocycles. The molecule has 262 valence electrons. The summed E-state index contributed by atoms with van der Waals surface area (Å²) in [6, 6.07) is 17.7. The standard InChI is InChI=1S/C39H34ClN7O5/c1-39(40)30(6-3-7-31(39)36-45-32-16-23(14-28(18-41)34(32)52-36)20-46-11-9-27(22-46)37(48)49)25-4-2-5-29(17-25)44-35-33-26(8-10-42-35)15-24(19-43-33)21-47-12-13-51-38(47)50/h2-8,10,14-17,19,27,31H,9,11-13,20-22H2,1H3,(H,42,44)(H,48,49)/t27-,31?,39?/m1/s1. The number of likely N-dealkylation sites (tertiary alicyclic amines) is 1. The number of halogens is 1. The summed E-state index contributed by atoms with van der Waals surface area (Å²) in [5.74, 6) is -0.611. The Kier molecular flexibility index (Phi) is 8.61. The fraction of sp³-hybridized carbons (Fsp3) is 0.282. The number of amides is 1. The van der Waals surface area contributed by atoms with Crippen molar-refractivity contribution in [3.05, 3.63) is 107 Å². The second-order valence-corrected chi connectivity index (χ2v) is 14.3. The first-order valence-corrected chi connectivity index (χ1v) is 17.4. The van der Waals surface area contributed by atoms with E-state index in [0.717, 1.165) is 33.3 Å². The predicted molar refractivity (Wildman–Crippen MR) is 195 cm³/mol. The molecule has 12 nitrogen and oxygen atoms in total. The molecule has 2 aliphatic heterocycles. The van der Waals surface area contributed by atoms with Crippen molar-refractivity contribution in [1.82, 2.24) is 24.8 Å². The average molecular weight is 716 g/mol. The lowest BCUT2D eigenvalue weighted by atomic mass is 9.79. The van der Waals surface area contributed by atoms with E-state index in [-0.39, 0.29) is 12.0 Å². The minimum atomic E-state index is -0.956. The zero-order chi connectivity index (χ0) is 36.0. The highest BCUT2D eigenvalue weighted by atomic mass is 35.5. The summed E-state index contributed by atoms with van der Waals surface area (Å²) in [6.45, 7) is 4.98. The highest BCUT2D eigenvalue weighted by Gasteiger charge is 2.41. The van der Waals surface area contributed by atoms with E-state index in [0.29, 0.717) is 79.6 Å². The quantitative estimate of drug-likeness (QED) is 0.152. The Morgan fingerprint density at radius 2 is 2.04 bits per heavy atom. The molecule has 2 aromatic carbocycles. The second-order valence-electron chi connectivity index (χ2n) is 13.5. The van der Waals surface area contributed by atoms with Crippen molar-refractivity contribution < 1.29 is 23.8 Å². The Morgan fingerprint density at radius 3 is 2.83 bits per heavy atom. The average Bonchev–Trinajstić information content (AvgIpc) is 3.88. The number of anilines is 2. The van der Waals surface area contributed by atoms with Crippen LogP contribution in [0.15, 0.2) is 83.6 Å². The summed E-state index contributed by atoms with van der Waals surface area (Å²) in [5, 5.41) is 23.7. The third-order valence-electron chi connectivity index (χ3n) is 9.97. The molecule has 2 unspecified atom stereocenters. The van der Waals surface area contributed by atoms with Gasteiger partial charge in [-0.05, 0) is 78.6 Å². The van der Waals surface area contributed by atoms with Crippen molar-refractivity contribution in [1.29, 1.82) is 5.26 Å². The highest BCUT2D eigenvalue weighted by Crippen LogP contribution is 2.48. The number of benzene rings is 2. The molecule has 1 amide bonds. The van der Waals surface area contributed by atoms with Gasteiger partial charge in [0.25, 0.3) is 0 Å². The monoisotopic (exact) mass is 715 g/mol. The fourth-order valence-corrected chi connectivity index (χ4v) is 7.63. The zero-order valence-corrected chi connectivity index (χ0v) is 29.0. The number of ether oxygens (including phenoxy) is 1. The van der Waals surface area contributed by atoms with Gasteiger partial charge in [-0.25, -0.2) is 14.8 Å². The van der Waals surface area contributed by atoms with Gasteiger partial charge in [-0.15, -0.1) is 11.6 Å². The Balaban J connectivity index is 1.03. The number of carbonyl (C=O) groups excluding carboxylic acids is 1. The Hall–Kier alpha value is -5.77. The first kappa shape index (κ1) is 33.4. The van der Waals surface area contributed by atoms with E-state index in [1.165, 1.54) is 0 Å². The van der Waals surface area contributed by atoms with E-state index >= 15 is 0 Å². The van der Waals surface area contributed by atoms with Crippen LogP contribution < -0.4 is 5.32 Å². The summed E-state index contributed by atoms with van der Waals surface area (Å²) in [6.07, 6.45) is 9.65. The molecule has 8 rings (SSSR count). The molecule has 3 atom stereocenters. The first-order valence-electron chi connectivity index (χ1n) is 17.1. The Labute approximate surface area is 304 Å². The Bertz CT molecular complexity index is 2340. The van der Waals surface area contributed by atoms with Crippen molar-refractivity contribution in [3.8, 4) is 6.07 Å². The van der Waals surface area contributed by atoms with Crippen LogP contribution in [0, 0.1) is 17.2 Å². The van der Waals surface area contributed by atoms with Crippen LogP contribution in [0.5, 0.6) is 0 Å². The van der Waals surface area contributed by atoms with E-state index in [2.05, 4.69) is 26.3 Å². The molecule has 52 heavy (non-hydrogen) atoms. The number of cyclic esters (lactones) is 1. The molecule has 2 saturated heterocycles. The molecule has 5 aromatic rings. The van der Waals surface area contributed by atoms with Gasteiger partial charge in [-0.3, -0.25) is 14.7 Å². The van der Waals surface area contributed by atoms with Gasteiger partial charge in [0.15, 0.2) is 11.4 Å². The van der Waals surface area contributed by atoms with Crippen LogP contribution in [0.2, 0.25) is 0 Å². The van der Waals surface area contributed by atoms with E-state index < -0.39 is 16.8 Å². The summed E-state index contributed by atoms with van der Waals surface area (Å²) in [7, 11) is 0. The van der Waals surface area contributed by atoms with Crippen molar-refractivity contribution >= 4 is 62.7 Å². The van der Waals surface area contributed by atoms with Gasteiger partial charge in [0, 0.05) is 36.6 Å². The van der Waals surface area contributed by atoms with Crippen LogP contribution in [-0.2, 0) is 22.6 Å². The van der Waals surface area contributed by atoms with Crippen molar-refractivity contribution in [3.63, 3.8) is 0 Å². The fourth-order valence-electron chi connectivity index (χ4n) is 7.29. The number of pyridine rings is 2. The van der Waals surface area contributed by atoms with Crippen LogP contribution in [-0.4, -0.2) is 73.0 Å². The number of rotatable bonds is 9. The van der Waals surface area contributed by atoms with E-state index in [1.807, 2.05) is 67.6 Å². The Morgan fingerprint density at radius 1 is 1.15 bits per heavy atom. The molecule has 5 heterocycles. The number of oxazole rings is 1. The number of alkyl halides is 1. The molecule has 3 aliphatic rings. The lowest BCUT2D eigenvalue weighted by Gasteiger charge is -2.33. The summed E-state index contributed by atoms with van der Waals surface area (Å²) >= 11 is 7.42. The summed E-state index contributed by atoms with van der Waals surface area (Å²) < 4.78 is 11.3. The number of nitriles is 1. The van der Waals surface area contributed by atoms with Gasteiger partial charge in [0.05, 0.1) is 35.4 Å². The SMILES string of the molecule is CC1(Cl)C(c2cccc(Nc3nccc4cc(CN5CCOC5=O)cnc34)c2)=CC=CC1c1nc2cc(CN3CC[C@@H](C(=O)O)C3)cc(C#N)c2o1. The van der Waals surface area contributed by atoms with Crippen LogP contribution in [0.25, 0.3) is 27.6 Å². The normalized spacial score (nSPS) is 21.8. The molecule has 3 aromatic heterocycles. The number of hydrogen-bond acceptors (Lipinski definition) is 10. The zero-order valence-electron chi connectivity index (χ0n) is 28.3. The molecule has 0 radical (unpaired) electrons. The van der Waals surface area contributed by atoms with Crippen LogP contribution >= 0.6 is 11.6 Å². The van der Waals surface area contributed by atoms with Gasteiger partial charge in [-0.2, -0.15) is 5.26 Å². The van der Waals surface area contributed by atoms with E-state index in [4.69, 9.17) is 25.7 Å². The lowest BCUT2D eigenvalue weighted by molar-refractivity contribution is -0.141. The van der Waals surface area contributed by atoms with E-state index in [1.54, 1.807) is 23.4 Å². The number of carbonyl (C=O) groups is 2. The summed E-state index contributed by atoms with van der Waals surface area (Å²) in [4.78, 5) is 40.3.